The highest BCUT2D eigenvalue weighted by molar-refractivity contribution is 8.01. The van der Waals surface area contributed by atoms with Gasteiger partial charge in [-0.15, -0.1) is 0 Å². The zero-order valence-electron chi connectivity index (χ0n) is 10.4. The van der Waals surface area contributed by atoms with E-state index in [0.717, 1.165) is 10.9 Å². The van der Waals surface area contributed by atoms with Crippen molar-refractivity contribution >= 4 is 23.3 Å². The molecule has 2 unspecified atom stereocenters. The maximum absolute atomic E-state index is 4.30. The molecule has 1 N–H and O–H groups in total. The zero-order valence-corrected chi connectivity index (χ0v) is 12.0. The van der Waals surface area contributed by atoms with Crippen LogP contribution in [0, 0.1) is 0 Å². The molecule has 0 spiro atoms. The Morgan fingerprint density at radius 1 is 1.41 bits per heavy atom. The van der Waals surface area contributed by atoms with Crippen molar-refractivity contribution in [3.05, 3.63) is 6.33 Å². The molecule has 1 aromatic rings. The Morgan fingerprint density at radius 3 is 3.06 bits per heavy atom. The summed E-state index contributed by atoms with van der Waals surface area (Å²) in [5, 5.41) is 4.39. The second-order valence-electron chi connectivity index (χ2n) is 4.56. The normalized spacial score (nSPS) is 25.7. The highest BCUT2D eigenvalue weighted by atomic mass is 32.2. The quantitative estimate of drug-likeness (QED) is 0.834. The summed E-state index contributed by atoms with van der Waals surface area (Å²) in [6.45, 7) is 3.37. The van der Waals surface area contributed by atoms with Crippen LogP contribution in [0.5, 0.6) is 0 Å². The fraction of sp³-hybridized carbons (Fsp3) is 0.833. The maximum atomic E-state index is 4.30. The van der Waals surface area contributed by atoms with Crippen molar-refractivity contribution in [2.45, 2.75) is 61.1 Å². The summed E-state index contributed by atoms with van der Waals surface area (Å²) in [6, 6.07) is 0.659. The Labute approximate surface area is 112 Å². The fourth-order valence-electron chi connectivity index (χ4n) is 2.32. The first-order valence-electron chi connectivity index (χ1n) is 6.57. The van der Waals surface area contributed by atoms with Crippen LogP contribution >= 0.6 is 23.3 Å². The molecule has 0 saturated heterocycles. The first-order valence-corrected chi connectivity index (χ1v) is 8.22. The Kier molecular flexibility index (Phi) is 5.74. The number of thioether (sulfide) groups is 1. The van der Waals surface area contributed by atoms with E-state index >= 15 is 0 Å². The van der Waals surface area contributed by atoms with Crippen LogP contribution in [0.15, 0.2) is 10.7 Å². The third-order valence-electron chi connectivity index (χ3n) is 3.20. The number of nitrogens with zero attached hydrogens (tertiary/aromatic N) is 2. The van der Waals surface area contributed by atoms with Gasteiger partial charge in [-0.3, -0.25) is 0 Å². The molecule has 1 aliphatic rings. The lowest BCUT2D eigenvalue weighted by molar-refractivity contribution is 0.470. The maximum Gasteiger partial charge on any atom is 0.170 e. The lowest BCUT2D eigenvalue weighted by Crippen LogP contribution is -2.37. The third-order valence-corrected chi connectivity index (χ3v) is 5.35. The standard InChI is InChI=1S/C12H21N3S2/c1-2-8-13-10-6-4-3-5-7-11(10)16-12-14-9-15-17-12/h9-11,13H,2-8H2,1H3. The van der Waals surface area contributed by atoms with Gasteiger partial charge >= 0.3 is 0 Å². The number of hydrogen-bond donors (Lipinski definition) is 1. The molecule has 0 bridgehead atoms. The average molecular weight is 271 g/mol. The first kappa shape index (κ1) is 13.3. The van der Waals surface area contributed by atoms with E-state index in [1.165, 1.54) is 50.1 Å². The summed E-state index contributed by atoms with van der Waals surface area (Å²) in [6.07, 6.45) is 9.62. The number of hydrogen-bond acceptors (Lipinski definition) is 5. The van der Waals surface area contributed by atoms with Crippen LogP contribution in [0.4, 0.5) is 0 Å². The first-order chi connectivity index (χ1) is 8.40. The van der Waals surface area contributed by atoms with Gasteiger partial charge in [-0.2, -0.15) is 4.37 Å². The van der Waals surface area contributed by atoms with Crippen molar-refractivity contribution in [2.75, 3.05) is 6.54 Å². The highest BCUT2D eigenvalue weighted by Gasteiger charge is 2.24. The van der Waals surface area contributed by atoms with Gasteiger partial charge in [0.05, 0.1) is 0 Å². The van der Waals surface area contributed by atoms with Gasteiger partial charge in [0.25, 0.3) is 0 Å². The van der Waals surface area contributed by atoms with Crippen molar-refractivity contribution < 1.29 is 0 Å². The van der Waals surface area contributed by atoms with Crippen molar-refractivity contribution in [1.82, 2.24) is 14.7 Å². The fourth-order valence-corrected chi connectivity index (χ4v) is 4.32. The SMILES string of the molecule is CCCNC1CCCCCC1Sc1ncns1. The lowest BCUT2D eigenvalue weighted by atomic mass is 10.1. The second kappa shape index (κ2) is 7.34. The summed E-state index contributed by atoms with van der Waals surface area (Å²) < 4.78 is 5.21. The van der Waals surface area contributed by atoms with Crippen LogP contribution in [0.3, 0.4) is 0 Å². The van der Waals surface area contributed by atoms with E-state index in [2.05, 4.69) is 21.6 Å². The second-order valence-corrected chi connectivity index (χ2v) is 6.83. The van der Waals surface area contributed by atoms with Gasteiger partial charge in [-0.1, -0.05) is 37.9 Å². The van der Waals surface area contributed by atoms with E-state index in [4.69, 9.17) is 0 Å². The molecule has 2 atom stereocenters. The molecular formula is C12H21N3S2. The highest BCUT2D eigenvalue weighted by Crippen LogP contribution is 2.33. The molecule has 0 amide bonds. The van der Waals surface area contributed by atoms with Gasteiger partial charge in [-0.25, -0.2) is 4.98 Å². The van der Waals surface area contributed by atoms with Crippen LogP contribution < -0.4 is 5.32 Å². The Hall–Kier alpha value is -0.130. The van der Waals surface area contributed by atoms with Gasteiger partial charge in [-0.05, 0) is 37.3 Å². The third kappa shape index (κ3) is 4.23. The summed E-state index contributed by atoms with van der Waals surface area (Å²) in [7, 11) is 0. The molecule has 96 valence electrons. The molecule has 3 nitrogen and oxygen atoms in total. The predicted molar refractivity (Wildman–Crippen MR) is 74.7 cm³/mol. The average Bonchev–Trinajstić information content (AvgIpc) is 2.74. The van der Waals surface area contributed by atoms with Gasteiger partial charge in [0, 0.05) is 11.3 Å². The van der Waals surface area contributed by atoms with Crippen molar-refractivity contribution in [3.63, 3.8) is 0 Å². The summed E-state index contributed by atoms with van der Waals surface area (Å²) in [4.78, 5) is 4.30. The van der Waals surface area contributed by atoms with Crippen molar-refractivity contribution in [1.29, 1.82) is 0 Å². The van der Waals surface area contributed by atoms with E-state index in [1.807, 2.05) is 11.8 Å². The molecule has 1 saturated carbocycles. The summed E-state index contributed by atoms with van der Waals surface area (Å²) in [5.41, 5.74) is 0. The van der Waals surface area contributed by atoms with Crippen LogP contribution in [-0.2, 0) is 0 Å². The Morgan fingerprint density at radius 2 is 2.29 bits per heavy atom. The molecule has 1 aromatic heterocycles. The number of rotatable bonds is 5. The zero-order chi connectivity index (χ0) is 11.9. The minimum atomic E-state index is 0.659. The molecule has 0 aliphatic heterocycles. The minimum absolute atomic E-state index is 0.659. The van der Waals surface area contributed by atoms with Crippen molar-refractivity contribution in [3.8, 4) is 0 Å². The van der Waals surface area contributed by atoms with Gasteiger partial charge < -0.3 is 5.32 Å². The predicted octanol–water partition coefficient (Wildman–Crippen LogP) is 3.33. The molecule has 1 aliphatic carbocycles. The topological polar surface area (TPSA) is 37.8 Å². The molecule has 0 radical (unpaired) electrons. The van der Waals surface area contributed by atoms with Crippen LogP contribution in [0.2, 0.25) is 0 Å². The largest absolute Gasteiger partial charge is 0.313 e. The van der Waals surface area contributed by atoms with Gasteiger partial charge in [0.1, 0.15) is 6.33 Å². The van der Waals surface area contributed by atoms with Crippen LogP contribution in [-0.4, -0.2) is 27.2 Å². The van der Waals surface area contributed by atoms with Gasteiger partial charge in [0.15, 0.2) is 4.34 Å². The molecular weight excluding hydrogens is 250 g/mol. The summed E-state index contributed by atoms with van der Waals surface area (Å²) in [5.74, 6) is 0. The van der Waals surface area contributed by atoms with Gasteiger partial charge in [0.2, 0.25) is 0 Å². The summed E-state index contributed by atoms with van der Waals surface area (Å²) >= 11 is 3.45. The van der Waals surface area contributed by atoms with E-state index in [9.17, 15) is 0 Å². The van der Waals surface area contributed by atoms with Crippen LogP contribution in [0.1, 0.15) is 45.4 Å². The van der Waals surface area contributed by atoms with E-state index in [0.29, 0.717) is 11.3 Å². The molecule has 1 fully saturated rings. The molecule has 1 heterocycles. The van der Waals surface area contributed by atoms with E-state index < -0.39 is 0 Å². The van der Waals surface area contributed by atoms with Crippen LogP contribution in [0.25, 0.3) is 0 Å². The monoisotopic (exact) mass is 271 g/mol. The lowest BCUT2D eigenvalue weighted by Gasteiger charge is -2.24. The molecule has 17 heavy (non-hydrogen) atoms. The molecule has 5 heteroatoms. The number of nitrogens with one attached hydrogen (secondary N) is 1. The Balaban J connectivity index is 1.93. The Bertz CT molecular complexity index is 303. The smallest absolute Gasteiger partial charge is 0.170 e. The molecule has 2 rings (SSSR count). The minimum Gasteiger partial charge on any atom is -0.313 e. The molecule has 0 aromatic carbocycles. The number of aromatic nitrogens is 2. The van der Waals surface area contributed by atoms with E-state index in [-0.39, 0.29) is 0 Å². The van der Waals surface area contributed by atoms with E-state index in [1.54, 1.807) is 6.33 Å². The van der Waals surface area contributed by atoms with Crippen molar-refractivity contribution in [2.24, 2.45) is 0 Å².